The lowest BCUT2D eigenvalue weighted by atomic mass is 10.2. The van der Waals surface area contributed by atoms with E-state index in [1.807, 2.05) is 36.4 Å². The van der Waals surface area contributed by atoms with Crippen LogP contribution in [0.3, 0.4) is 0 Å². The summed E-state index contributed by atoms with van der Waals surface area (Å²) < 4.78 is 1.05. The monoisotopic (exact) mass is 413 g/mol. The average molecular weight is 414 g/mol. The van der Waals surface area contributed by atoms with Crippen molar-refractivity contribution < 1.29 is 5.11 Å². The van der Waals surface area contributed by atoms with E-state index < -0.39 is 0 Å². The third kappa shape index (κ3) is 5.00. The Balaban J connectivity index is 1.83. The highest BCUT2D eigenvalue weighted by molar-refractivity contribution is 9.10. The van der Waals surface area contributed by atoms with Crippen LogP contribution in [0.2, 0.25) is 0 Å². The van der Waals surface area contributed by atoms with Crippen LogP contribution in [-0.2, 0) is 6.54 Å². The van der Waals surface area contributed by atoms with E-state index in [1.54, 1.807) is 12.4 Å². The first-order valence-corrected chi connectivity index (χ1v) is 9.17. The Morgan fingerprint density at radius 3 is 2.69 bits per heavy atom. The molecule has 2 aromatic heterocycles. The van der Waals surface area contributed by atoms with Crippen LogP contribution >= 0.6 is 15.9 Å². The van der Waals surface area contributed by atoms with Crippen molar-refractivity contribution in [3.63, 3.8) is 0 Å². The van der Waals surface area contributed by atoms with Crippen LogP contribution in [0.5, 0.6) is 0 Å². The zero-order chi connectivity index (χ0) is 18.2. The van der Waals surface area contributed by atoms with Crippen molar-refractivity contribution in [3.8, 4) is 11.3 Å². The summed E-state index contributed by atoms with van der Waals surface area (Å²) in [7, 11) is 0. The third-order valence-electron chi connectivity index (χ3n) is 3.72. The summed E-state index contributed by atoms with van der Waals surface area (Å²) in [5, 5.41) is 15.5. The standard InChI is InChI=1S/C19H20BrN5O/c20-16-7-2-1-5-14(16)13-23-18-11-17(15-6-3-8-21-12-15)24-19(25-18)22-9-4-10-26/h1-3,5-8,11-12,26H,4,9-10,13H2,(H2,22,23,24,25). The van der Waals surface area contributed by atoms with E-state index in [2.05, 4.69) is 47.6 Å². The lowest BCUT2D eigenvalue weighted by Crippen LogP contribution is -2.10. The second kappa shape index (κ2) is 9.26. The van der Waals surface area contributed by atoms with Crippen LogP contribution < -0.4 is 10.6 Å². The molecule has 0 unspecified atom stereocenters. The zero-order valence-corrected chi connectivity index (χ0v) is 15.8. The van der Waals surface area contributed by atoms with Gasteiger partial charge in [-0.2, -0.15) is 4.98 Å². The van der Waals surface area contributed by atoms with Crippen molar-refractivity contribution in [2.45, 2.75) is 13.0 Å². The smallest absolute Gasteiger partial charge is 0.225 e. The number of aliphatic hydroxyl groups is 1. The molecule has 3 aromatic rings. The van der Waals surface area contributed by atoms with Crippen LogP contribution in [0.4, 0.5) is 11.8 Å². The Morgan fingerprint density at radius 1 is 1.04 bits per heavy atom. The van der Waals surface area contributed by atoms with Gasteiger partial charge in [0, 0.05) is 48.2 Å². The molecule has 3 rings (SSSR count). The van der Waals surface area contributed by atoms with Gasteiger partial charge in [0.1, 0.15) is 5.82 Å². The van der Waals surface area contributed by atoms with Gasteiger partial charge in [-0.1, -0.05) is 34.1 Å². The molecule has 0 amide bonds. The number of anilines is 2. The first-order valence-electron chi connectivity index (χ1n) is 8.38. The first-order chi connectivity index (χ1) is 12.8. The van der Waals surface area contributed by atoms with Crippen molar-refractivity contribution in [2.75, 3.05) is 23.8 Å². The molecule has 26 heavy (non-hydrogen) atoms. The van der Waals surface area contributed by atoms with E-state index in [1.165, 1.54) is 0 Å². The van der Waals surface area contributed by atoms with E-state index in [0.29, 0.717) is 25.5 Å². The van der Waals surface area contributed by atoms with Gasteiger partial charge in [-0.25, -0.2) is 4.98 Å². The lowest BCUT2D eigenvalue weighted by Gasteiger charge is -2.12. The van der Waals surface area contributed by atoms with Gasteiger partial charge in [-0.05, 0) is 30.2 Å². The maximum absolute atomic E-state index is 8.96. The Labute approximate surface area is 160 Å². The Bertz CT molecular complexity index is 844. The summed E-state index contributed by atoms with van der Waals surface area (Å²) >= 11 is 3.56. The second-order valence-electron chi connectivity index (χ2n) is 5.65. The van der Waals surface area contributed by atoms with Gasteiger partial charge in [0.05, 0.1) is 5.69 Å². The molecular weight excluding hydrogens is 394 g/mol. The van der Waals surface area contributed by atoms with Crippen molar-refractivity contribution >= 4 is 27.7 Å². The number of hydrogen-bond acceptors (Lipinski definition) is 6. The van der Waals surface area contributed by atoms with Crippen molar-refractivity contribution in [2.24, 2.45) is 0 Å². The largest absolute Gasteiger partial charge is 0.396 e. The predicted octanol–water partition coefficient (Wildman–Crippen LogP) is 3.71. The van der Waals surface area contributed by atoms with E-state index in [0.717, 1.165) is 27.1 Å². The molecule has 3 N–H and O–H groups in total. The summed E-state index contributed by atoms with van der Waals surface area (Å²) in [4.78, 5) is 13.2. The minimum atomic E-state index is 0.127. The SMILES string of the molecule is OCCCNc1nc(NCc2ccccc2Br)cc(-c2cccnc2)n1. The number of aliphatic hydroxyl groups excluding tert-OH is 1. The number of nitrogens with one attached hydrogen (secondary N) is 2. The molecule has 0 bridgehead atoms. The number of nitrogens with zero attached hydrogens (tertiary/aromatic N) is 3. The molecule has 134 valence electrons. The van der Waals surface area contributed by atoms with Gasteiger partial charge >= 0.3 is 0 Å². The minimum absolute atomic E-state index is 0.127. The molecule has 0 aliphatic rings. The highest BCUT2D eigenvalue weighted by Gasteiger charge is 2.08. The predicted molar refractivity (Wildman–Crippen MR) is 107 cm³/mol. The number of hydrogen-bond donors (Lipinski definition) is 3. The maximum Gasteiger partial charge on any atom is 0.225 e. The third-order valence-corrected chi connectivity index (χ3v) is 4.49. The minimum Gasteiger partial charge on any atom is -0.396 e. The van der Waals surface area contributed by atoms with Crippen molar-refractivity contribution in [3.05, 3.63) is 64.9 Å². The fourth-order valence-corrected chi connectivity index (χ4v) is 2.81. The van der Waals surface area contributed by atoms with E-state index in [9.17, 15) is 0 Å². The first kappa shape index (κ1) is 18.3. The molecule has 0 saturated carbocycles. The van der Waals surface area contributed by atoms with Crippen molar-refractivity contribution in [1.29, 1.82) is 0 Å². The van der Waals surface area contributed by atoms with Crippen molar-refractivity contribution in [1.82, 2.24) is 15.0 Å². The van der Waals surface area contributed by atoms with Gasteiger partial charge in [0.2, 0.25) is 5.95 Å². The van der Waals surface area contributed by atoms with E-state index in [-0.39, 0.29) is 6.61 Å². The summed E-state index contributed by atoms with van der Waals surface area (Å²) in [5.74, 6) is 1.25. The summed E-state index contributed by atoms with van der Waals surface area (Å²) in [6.07, 6.45) is 4.15. The quantitative estimate of drug-likeness (QED) is 0.488. The fraction of sp³-hybridized carbons (Fsp3) is 0.211. The molecule has 0 atom stereocenters. The van der Waals surface area contributed by atoms with Crippen LogP contribution in [0.25, 0.3) is 11.3 Å². The Morgan fingerprint density at radius 2 is 1.92 bits per heavy atom. The molecule has 0 aliphatic heterocycles. The molecule has 2 heterocycles. The fourth-order valence-electron chi connectivity index (χ4n) is 2.39. The van der Waals surface area contributed by atoms with Crippen LogP contribution in [0.15, 0.2) is 59.3 Å². The highest BCUT2D eigenvalue weighted by atomic mass is 79.9. The topological polar surface area (TPSA) is 83.0 Å². The number of benzene rings is 1. The molecule has 0 aliphatic carbocycles. The van der Waals surface area contributed by atoms with E-state index in [4.69, 9.17) is 5.11 Å². The number of aromatic nitrogens is 3. The van der Waals surface area contributed by atoms with Gasteiger partial charge in [0.15, 0.2) is 0 Å². The molecular formula is C19H20BrN5O. The summed E-state index contributed by atoms with van der Waals surface area (Å²) in [6.45, 7) is 1.38. The molecule has 0 saturated heterocycles. The molecule has 6 nitrogen and oxygen atoms in total. The summed E-state index contributed by atoms with van der Waals surface area (Å²) in [5.41, 5.74) is 2.85. The van der Waals surface area contributed by atoms with Crippen LogP contribution in [0.1, 0.15) is 12.0 Å². The normalized spacial score (nSPS) is 10.5. The summed E-state index contributed by atoms with van der Waals surface area (Å²) in [6, 6.07) is 13.8. The highest BCUT2D eigenvalue weighted by Crippen LogP contribution is 2.22. The molecule has 1 aromatic carbocycles. The van der Waals surface area contributed by atoms with Gasteiger partial charge < -0.3 is 15.7 Å². The number of rotatable bonds is 8. The maximum atomic E-state index is 8.96. The molecule has 0 radical (unpaired) electrons. The Kier molecular flexibility index (Phi) is 6.51. The van der Waals surface area contributed by atoms with Crippen LogP contribution in [0, 0.1) is 0 Å². The number of halogens is 1. The average Bonchev–Trinajstić information content (AvgIpc) is 2.68. The molecule has 7 heteroatoms. The van der Waals surface area contributed by atoms with Gasteiger partial charge in [-0.3, -0.25) is 4.98 Å². The van der Waals surface area contributed by atoms with E-state index >= 15 is 0 Å². The van der Waals surface area contributed by atoms with Gasteiger partial charge in [-0.15, -0.1) is 0 Å². The second-order valence-corrected chi connectivity index (χ2v) is 6.51. The number of pyridine rings is 1. The zero-order valence-electron chi connectivity index (χ0n) is 14.2. The molecule has 0 spiro atoms. The lowest BCUT2D eigenvalue weighted by molar-refractivity contribution is 0.292. The Hall–Kier alpha value is -2.51. The molecule has 0 fully saturated rings. The van der Waals surface area contributed by atoms with Gasteiger partial charge in [0.25, 0.3) is 0 Å². The van der Waals surface area contributed by atoms with Crippen LogP contribution in [-0.4, -0.2) is 33.2 Å².